The molecule has 2 aromatic carbocycles. The summed E-state index contributed by atoms with van der Waals surface area (Å²) >= 11 is 0. The molecule has 0 amide bonds. The molecule has 4 nitrogen and oxygen atoms in total. The molecule has 4 heteroatoms. The highest BCUT2D eigenvalue weighted by Gasteiger charge is 2.04. The molecule has 0 unspecified atom stereocenters. The summed E-state index contributed by atoms with van der Waals surface area (Å²) in [6.07, 6.45) is 5.05. The number of carboxylic acids is 1. The molecule has 0 atom stereocenters. The maximum atomic E-state index is 10.5. The summed E-state index contributed by atoms with van der Waals surface area (Å²) in [4.78, 5) is 13.8. The number of aromatic nitrogens is 1. The van der Waals surface area contributed by atoms with Gasteiger partial charge in [-0.15, -0.1) is 0 Å². The van der Waals surface area contributed by atoms with E-state index in [1.165, 1.54) is 16.5 Å². The van der Waals surface area contributed by atoms with Crippen LogP contribution in [0, 0.1) is 0 Å². The number of hydrogen-bond donors (Lipinski definition) is 2. The maximum Gasteiger partial charge on any atom is 0.341 e. The van der Waals surface area contributed by atoms with Gasteiger partial charge in [0.05, 0.1) is 0 Å². The highest BCUT2D eigenvalue weighted by atomic mass is 16.5. The van der Waals surface area contributed by atoms with Crippen LogP contribution in [0.15, 0.2) is 54.7 Å². The van der Waals surface area contributed by atoms with Gasteiger partial charge in [0.25, 0.3) is 0 Å². The van der Waals surface area contributed by atoms with Gasteiger partial charge in [-0.1, -0.05) is 30.3 Å². The van der Waals surface area contributed by atoms with Crippen LogP contribution >= 0.6 is 0 Å². The number of carboxylic acid groups (broad SMARTS) is 1. The Kier molecular flexibility index (Phi) is 4.62. The molecule has 0 saturated carbocycles. The van der Waals surface area contributed by atoms with Crippen molar-refractivity contribution in [1.29, 1.82) is 0 Å². The van der Waals surface area contributed by atoms with Gasteiger partial charge < -0.3 is 14.8 Å². The fourth-order valence-corrected chi connectivity index (χ4v) is 2.76. The highest BCUT2D eigenvalue weighted by molar-refractivity contribution is 5.83. The lowest BCUT2D eigenvalue weighted by atomic mass is 10.0. The predicted octanol–water partition coefficient (Wildman–Crippen LogP) is 3.81. The summed E-state index contributed by atoms with van der Waals surface area (Å²) < 4.78 is 5.21. The number of rotatable bonds is 7. The number of benzene rings is 2. The Bertz CT molecular complexity index is 807. The summed E-state index contributed by atoms with van der Waals surface area (Å²) in [7, 11) is 0. The quantitative estimate of drug-likeness (QED) is 0.697. The van der Waals surface area contributed by atoms with E-state index in [4.69, 9.17) is 9.84 Å². The van der Waals surface area contributed by atoms with Crippen molar-refractivity contribution in [2.45, 2.75) is 19.3 Å². The fraction of sp³-hybridized carbons (Fsp3) is 0.211. The minimum Gasteiger partial charge on any atom is -0.482 e. The van der Waals surface area contributed by atoms with Crippen LogP contribution < -0.4 is 4.74 Å². The van der Waals surface area contributed by atoms with Gasteiger partial charge >= 0.3 is 5.97 Å². The predicted molar refractivity (Wildman–Crippen MR) is 89.9 cm³/mol. The van der Waals surface area contributed by atoms with Crippen LogP contribution in [0.25, 0.3) is 10.9 Å². The normalized spacial score (nSPS) is 10.8. The molecule has 0 aliphatic carbocycles. The Morgan fingerprint density at radius 3 is 2.83 bits per heavy atom. The zero-order chi connectivity index (χ0) is 16.1. The molecule has 0 spiro atoms. The lowest BCUT2D eigenvalue weighted by Gasteiger charge is -2.06. The molecule has 2 N–H and O–H groups in total. The second-order valence-corrected chi connectivity index (χ2v) is 5.54. The number of fused-ring (bicyclic) bond motifs is 1. The summed E-state index contributed by atoms with van der Waals surface area (Å²) in [6.45, 7) is -0.307. The number of ether oxygens (including phenoxy) is 1. The first-order valence-electron chi connectivity index (χ1n) is 7.71. The number of hydrogen-bond acceptors (Lipinski definition) is 2. The van der Waals surface area contributed by atoms with Crippen molar-refractivity contribution in [2.24, 2.45) is 0 Å². The number of aromatic amines is 1. The first-order chi connectivity index (χ1) is 11.2. The van der Waals surface area contributed by atoms with Crippen LogP contribution in [0.4, 0.5) is 0 Å². The van der Waals surface area contributed by atoms with E-state index in [0.29, 0.717) is 5.75 Å². The Balaban J connectivity index is 1.58. The van der Waals surface area contributed by atoms with Gasteiger partial charge in [0.2, 0.25) is 0 Å². The van der Waals surface area contributed by atoms with Gasteiger partial charge in [0.1, 0.15) is 5.75 Å². The van der Waals surface area contributed by atoms with Crippen LogP contribution in [0.1, 0.15) is 17.5 Å². The topological polar surface area (TPSA) is 62.3 Å². The van der Waals surface area contributed by atoms with Gasteiger partial charge in [0, 0.05) is 17.1 Å². The van der Waals surface area contributed by atoms with Crippen molar-refractivity contribution in [3.05, 3.63) is 65.9 Å². The molecule has 1 heterocycles. The Morgan fingerprint density at radius 2 is 1.96 bits per heavy atom. The van der Waals surface area contributed by atoms with Crippen LogP contribution in [0.2, 0.25) is 0 Å². The molecule has 3 aromatic rings. The number of aliphatic carboxylic acids is 1. The zero-order valence-corrected chi connectivity index (χ0v) is 12.8. The SMILES string of the molecule is O=C(O)COc1cccc(CCCc2c[nH]c3ccccc23)c1. The Labute approximate surface area is 134 Å². The molecule has 3 rings (SSSR count). The summed E-state index contributed by atoms with van der Waals surface area (Å²) in [5.41, 5.74) is 3.66. The van der Waals surface area contributed by atoms with E-state index in [-0.39, 0.29) is 6.61 Å². The first-order valence-corrected chi connectivity index (χ1v) is 7.71. The molecule has 0 bridgehead atoms. The molecule has 118 valence electrons. The molecular weight excluding hydrogens is 290 g/mol. The van der Waals surface area contributed by atoms with Gasteiger partial charge in [-0.2, -0.15) is 0 Å². The van der Waals surface area contributed by atoms with Gasteiger partial charge in [0.15, 0.2) is 6.61 Å². The second-order valence-electron chi connectivity index (χ2n) is 5.54. The van der Waals surface area contributed by atoms with Crippen molar-refractivity contribution in [3.8, 4) is 5.75 Å². The van der Waals surface area contributed by atoms with Crippen molar-refractivity contribution < 1.29 is 14.6 Å². The highest BCUT2D eigenvalue weighted by Crippen LogP contribution is 2.20. The molecule has 1 aromatic heterocycles. The van der Waals surface area contributed by atoms with E-state index in [0.717, 1.165) is 24.8 Å². The molecule has 0 fully saturated rings. The minimum atomic E-state index is -0.963. The van der Waals surface area contributed by atoms with E-state index >= 15 is 0 Å². The van der Waals surface area contributed by atoms with Crippen LogP contribution in [-0.4, -0.2) is 22.7 Å². The third-order valence-corrected chi connectivity index (χ3v) is 3.85. The second kappa shape index (κ2) is 7.01. The lowest BCUT2D eigenvalue weighted by molar-refractivity contribution is -0.139. The number of nitrogens with one attached hydrogen (secondary N) is 1. The van der Waals surface area contributed by atoms with Gasteiger partial charge in [-0.25, -0.2) is 4.79 Å². The molecule has 0 radical (unpaired) electrons. The average Bonchev–Trinajstić information content (AvgIpc) is 2.97. The first kappa shape index (κ1) is 15.2. The van der Waals surface area contributed by atoms with Gasteiger partial charge in [-0.05, 0) is 48.6 Å². The van der Waals surface area contributed by atoms with Crippen LogP contribution in [-0.2, 0) is 17.6 Å². The largest absolute Gasteiger partial charge is 0.482 e. The van der Waals surface area contributed by atoms with Crippen molar-refractivity contribution in [3.63, 3.8) is 0 Å². The zero-order valence-electron chi connectivity index (χ0n) is 12.8. The van der Waals surface area contributed by atoms with Gasteiger partial charge in [-0.3, -0.25) is 0 Å². The fourth-order valence-electron chi connectivity index (χ4n) is 2.76. The average molecular weight is 309 g/mol. The summed E-state index contributed by atoms with van der Waals surface area (Å²) in [5, 5.41) is 9.93. The number of H-pyrrole nitrogens is 1. The smallest absolute Gasteiger partial charge is 0.341 e. The third kappa shape index (κ3) is 3.92. The minimum absolute atomic E-state index is 0.307. The van der Waals surface area contributed by atoms with Crippen molar-refractivity contribution in [2.75, 3.05) is 6.61 Å². The number of carbonyl (C=O) groups is 1. The number of aryl methyl sites for hydroxylation is 2. The van der Waals surface area contributed by atoms with Crippen LogP contribution in [0.5, 0.6) is 5.75 Å². The molecule has 0 aliphatic rings. The monoisotopic (exact) mass is 309 g/mol. The summed E-state index contributed by atoms with van der Waals surface area (Å²) in [5.74, 6) is -0.355. The molecule has 23 heavy (non-hydrogen) atoms. The Hall–Kier alpha value is -2.75. The van der Waals surface area contributed by atoms with E-state index in [2.05, 4.69) is 29.4 Å². The standard InChI is InChI=1S/C19H19NO3/c21-19(22)13-23-16-8-4-6-14(11-16)5-3-7-15-12-20-18-10-2-1-9-17(15)18/h1-2,4,6,8-12,20H,3,5,7,13H2,(H,21,22). The molecular formula is C19H19NO3. The van der Waals surface area contributed by atoms with E-state index in [9.17, 15) is 4.79 Å². The van der Waals surface area contributed by atoms with Crippen molar-refractivity contribution in [1.82, 2.24) is 4.98 Å². The van der Waals surface area contributed by atoms with E-state index < -0.39 is 5.97 Å². The van der Waals surface area contributed by atoms with E-state index in [1.807, 2.05) is 24.3 Å². The van der Waals surface area contributed by atoms with Crippen molar-refractivity contribution >= 4 is 16.9 Å². The Morgan fingerprint density at radius 1 is 1.09 bits per heavy atom. The molecule has 0 saturated heterocycles. The van der Waals surface area contributed by atoms with Crippen LogP contribution in [0.3, 0.4) is 0 Å². The third-order valence-electron chi connectivity index (χ3n) is 3.85. The lowest BCUT2D eigenvalue weighted by Crippen LogP contribution is -2.09. The summed E-state index contributed by atoms with van der Waals surface area (Å²) in [6, 6.07) is 16.0. The van der Waals surface area contributed by atoms with E-state index in [1.54, 1.807) is 6.07 Å². The molecule has 0 aliphatic heterocycles. The number of para-hydroxylation sites is 1. The maximum absolute atomic E-state index is 10.5.